The third-order valence-electron chi connectivity index (χ3n) is 6.69. The molecule has 2 aliphatic rings. The van der Waals surface area contributed by atoms with E-state index >= 15 is 0 Å². The molecule has 0 spiro atoms. The minimum absolute atomic E-state index is 0.0360. The molecular weight excluding hydrogens is 463 g/mol. The van der Waals surface area contributed by atoms with Gasteiger partial charge in [0.05, 0.1) is 11.6 Å². The first kappa shape index (κ1) is 24.7. The second-order valence-electron chi connectivity index (χ2n) is 9.55. The summed E-state index contributed by atoms with van der Waals surface area (Å²) in [5.41, 5.74) is 6.14. The summed E-state index contributed by atoms with van der Waals surface area (Å²) in [6.07, 6.45) is -2.35. The number of carbonyl (C=O) groups excluding carboxylic acids is 2. The number of hydrogen-bond acceptors (Lipinski definition) is 7. The van der Waals surface area contributed by atoms with Crippen molar-refractivity contribution in [3.8, 4) is 0 Å². The number of nitrogens with zero attached hydrogens (tertiary/aromatic N) is 4. The molecule has 4 rings (SSSR count). The van der Waals surface area contributed by atoms with Gasteiger partial charge in [0.1, 0.15) is 17.4 Å². The monoisotopic (exact) mass is 491 g/mol. The summed E-state index contributed by atoms with van der Waals surface area (Å²) in [5.74, 6) is -0.469. The number of halogens is 3. The molecule has 1 unspecified atom stereocenters. The highest BCUT2D eigenvalue weighted by molar-refractivity contribution is 6.03. The second-order valence-corrected chi connectivity index (χ2v) is 9.55. The van der Waals surface area contributed by atoms with Gasteiger partial charge in [-0.05, 0) is 43.2 Å². The molecule has 2 amide bonds. The summed E-state index contributed by atoms with van der Waals surface area (Å²) in [5, 5.41) is 6.17. The van der Waals surface area contributed by atoms with Gasteiger partial charge in [-0.2, -0.15) is 18.2 Å². The molecular formula is C23H28F3N7O2. The van der Waals surface area contributed by atoms with Crippen LogP contribution < -0.4 is 21.3 Å². The number of aryl methyl sites for hydroxylation is 1. The molecule has 2 atom stereocenters. The number of amides is 2. The summed E-state index contributed by atoms with van der Waals surface area (Å²) < 4.78 is 38.4. The maximum atomic E-state index is 12.8. The van der Waals surface area contributed by atoms with Crippen molar-refractivity contribution in [1.82, 2.24) is 15.0 Å². The highest BCUT2D eigenvalue weighted by Crippen LogP contribution is 2.41. The summed E-state index contributed by atoms with van der Waals surface area (Å²) in [6.45, 7) is 5.73. The zero-order valence-electron chi connectivity index (χ0n) is 19.8. The van der Waals surface area contributed by atoms with Crippen LogP contribution in [0.3, 0.4) is 0 Å². The smallest absolute Gasteiger partial charge is 0.369 e. The lowest BCUT2D eigenvalue weighted by atomic mass is 9.70. The predicted octanol–water partition coefficient (Wildman–Crippen LogP) is 3.07. The van der Waals surface area contributed by atoms with Gasteiger partial charge in [-0.15, -0.1) is 0 Å². The van der Waals surface area contributed by atoms with Gasteiger partial charge >= 0.3 is 6.18 Å². The third kappa shape index (κ3) is 4.73. The summed E-state index contributed by atoms with van der Waals surface area (Å²) in [6, 6.07) is 1.73. The van der Waals surface area contributed by atoms with E-state index in [1.54, 1.807) is 6.92 Å². The first-order chi connectivity index (χ1) is 16.4. The predicted molar refractivity (Wildman–Crippen MR) is 124 cm³/mol. The van der Waals surface area contributed by atoms with Crippen LogP contribution in [0, 0.1) is 18.8 Å². The molecule has 3 heterocycles. The van der Waals surface area contributed by atoms with Crippen LogP contribution in [-0.4, -0.2) is 45.9 Å². The number of pyridine rings is 1. The molecule has 1 aliphatic carbocycles. The molecule has 9 nitrogen and oxygen atoms in total. The zero-order valence-corrected chi connectivity index (χ0v) is 19.8. The number of nitrogens with two attached hydrogens (primary N) is 1. The minimum atomic E-state index is -4.55. The molecule has 12 heteroatoms. The van der Waals surface area contributed by atoms with Crippen LogP contribution in [0.1, 0.15) is 49.6 Å². The molecule has 1 aliphatic heterocycles. The number of likely N-dealkylation sites (N-methyl/N-ethyl adjacent to an activating group) is 1. The van der Waals surface area contributed by atoms with E-state index in [9.17, 15) is 22.8 Å². The number of alkyl halides is 3. The zero-order chi connectivity index (χ0) is 25.7. The van der Waals surface area contributed by atoms with E-state index in [2.05, 4.69) is 25.6 Å². The van der Waals surface area contributed by atoms with Gasteiger partial charge < -0.3 is 21.3 Å². The molecule has 1 saturated carbocycles. The fraction of sp³-hybridized carbons (Fsp3) is 0.522. The van der Waals surface area contributed by atoms with E-state index in [0.717, 1.165) is 12.3 Å². The third-order valence-corrected chi connectivity index (χ3v) is 6.69. The Bertz CT molecular complexity index is 1130. The van der Waals surface area contributed by atoms with Crippen molar-refractivity contribution < 1.29 is 22.8 Å². The Labute approximate surface area is 200 Å². The molecule has 0 saturated heterocycles. The lowest BCUT2D eigenvalue weighted by molar-refractivity contribution is -0.141. The average molecular weight is 492 g/mol. The lowest BCUT2D eigenvalue weighted by Crippen LogP contribution is -2.50. The van der Waals surface area contributed by atoms with Crippen LogP contribution in [0.5, 0.6) is 0 Å². The van der Waals surface area contributed by atoms with Gasteiger partial charge in [0.2, 0.25) is 17.8 Å². The van der Waals surface area contributed by atoms with Crippen LogP contribution in [0.2, 0.25) is 0 Å². The van der Waals surface area contributed by atoms with E-state index < -0.39 is 23.7 Å². The van der Waals surface area contributed by atoms with Crippen LogP contribution >= 0.6 is 0 Å². The van der Waals surface area contributed by atoms with E-state index in [-0.39, 0.29) is 29.8 Å². The van der Waals surface area contributed by atoms with Gasteiger partial charge in [0, 0.05) is 19.3 Å². The molecule has 4 N–H and O–H groups in total. The average Bonchev–Trinajstić information content (AvgIpc) is 2.72. The first-order valence-electron chi connectivity index (χ1n) is 11.4. The molecule has 188 valence electrons. The number of carbonyl (C=O) groups is 2. The molecule has 0 radical (unpaired) electrons. The van der Waals surface area contributed by atoms with Crippen LogP contribution in [-0.2, 0) is 15.8 Å². The normalized spacial score (nSPS) is 22.8. The van der Waals surface area contributed by atoms with E-state index in [4.69, 9.17) is 5.73 Å². The Kier molecular flexibility index (Phi) is 6.32. The fourth-order valence-electron chi connectivity index (χ4n) is 4.94. The Morgan fingerprint density at radius 1 is 1.26 bits per heavy atom. The molecule has 2 aromatic rings. The van der Waals surface area contributed by atoms with E-state index in [1.165, 1.54) is 6.07 Å². The summed E-state index contributed by atoms with van der Waals surface area (Å²) >= 11 is 0. The number of nitrogens with one attached hydrogen (secondary N) is 2. The van der Waals surface area contributed by atoms with E-state index in [0.29, 0.717) is 41.6 Å². The standard InChI is InChI=1S/C23H28F3N7O2/c1-10(2)18-21(35)31-17-11(3)29-22(32-20(17)33(18)4)30-14-7-13(8-14)16(19(27)34)12-5-6-15(28-9-12)23(24,25)26/h5-6,9-10,13-14,16,18H,7-8H2,1-4H3,(H2,27,34)(H,31,35)(H,29,30,32)/t13-,14+,16?,18-/m0/s1. The molecule has 2 aromatic heterocycles. The molecule has 0 aromatic carbocycles. The van der Waals surface area contributed by atoms with Gasteiger partial charge in [0.25, 0.3) is 0 Å². The van der Waals surface area contributed by atoms with Crippen LogP contribution in [0.25, 0.3) is 0 Å². The van der Waals surface area contributed by atoms with Crippen molar-refractivity contribution in [2.75, 3.05) is 22.6 Å². The Balaban J connectivity index is 1.46. The number of rotatable bonds is 6. The van der Waals surface area contributed by atoms with Crippen molar-refractivity contribution >= 4 is 29.3 Å². The number of aromatic nitrogens is 3. The van der Waals surface area contributed by atoms with E-state index in [1.807, 2.05) is 25.8 Å². The topological polar surface area (TPSA) is 126 Å². The Hall–Kier alpha value is -3.44. The van der Waals surface area contributed by atoms with Gasteiger partial charge in [0.15, 0.2) is 5.82 Å². The summed E-state index contributed by atoms with van der Waals surface area (Å²) in [7, 11) is 1.83. The number of anilines is 3. The first-order valence-corrected chi connectivity index (χ1v) is 11.4. The SMILES string of the molecule is Cc1nc(N[C@H]2C[C@@H](C(C(N)=O)c3ccc(C(F)(F)F)nc3)C2)nc2c1NC(=O)[C@H](C(C)C)N2C. The minimum Gasteiger partial charge on any atom is -0.369 e. The second kappa shape index (κ2) is 8.97. The van der Waals surface area contributed by atoms with Crippen LogP contribution in [0.4, 0.5) is 30.6 Å². The largest absolute Gasteiger partial charge is 0.433 e. The maximum Gasteiger partial charge on any atom is 0.433 e. The lowest BCUT2D eigenvalue weighted by Gasteiger charge is -2.40. The van der Waals surface area contributed by atoms with Gasteiger partial charge in [-0.3, -0.25) is 14.6 Å². The van der Waals surface area contributed by atoms with Crippen molar-refractivity contribution in [3.05, 3.63) is 35.3 Å². The summed E-state index contributed by atoms with van der Waals surface area (Å²) in [4.78, 5) is 39.0. The number of hydrogen-bond donors (Lipinski definition) is 3. The fourth-order valence-corrected chi connectivity index (χ4v) is 4.94. The quantitative estimate of drug-likeness (QED) is 0.567. The molecule has 0 bridgehead atoms. The van der Waals surface area contributed by atoms with Crippen molar-refractivity contribution in [2.45, 2.75) is 57.8 Å². The molecule has 1 fully saturated rings. The highest BCUT2D eigenvalue weighted by atomic mass is 19.4. The van der Waals surface area contributed by atoms with Crippen molar-refractivity contribution in [2.24, 2.45) is 17.6 Å². The maximum absolute atomic E-state index is 12.8. The molecule has 35 heavy (non-hydrogen) atoms. The van der Waals surface area contributed by atoms with Crippen molar-refractivity contribution in [3.63, 3.8) is 0 Å². The van der Waals surface area contributed by atoms with Gasteiger partial charge in [-0.25, -0.2) is 4.98 Å². The highest BCUT2D eigenvalue weighted by Gasteiger charge is 2.41. The Morgan fingerprint density at radius 2 is 1.94 bits per heavy atom. The van der Waals surface area contributed by atoms with Crippen LogP contribution in [0.15, 0.2) is 18.3 Å². The van der Waals surface area contributed by atoms with Gasteiger partial charge in [-0.1, -0.05) is 19.9 Å². The number of fused-ring (bicyclic) bond motifs is 1. The number of primary amides is 1. The van der Waals surface area contributed by atoms with Crippen molar-refractivity contribution in [1.29, 1.82) is 0 Å². The Morgan fingerprint density at radius 3 is 2.49 bits per heavy atom.